The number of nitro groups is 1. The maximum Gasteiger partial charge on any atom is 0.271 e. The molecule has 1 aromatic heterocycles. The van der Waals surface area contributed by atoms with E-state index in [1.54, 1.807) is 6.20 Å². The van der Waals surface area contributed by atoms with Gasteiger partial charge in [0.05, 0.1) is 19.6 Å². The van der Waals surface area contributed by atoms with Gasteiger partial charge in [0.25, 0.3) is 5.69 Å². The molecule has 0 N–H and O–H groups in total. The Bertz CT molecular complexity index is 624. The van der Waals surface area contributed by atoms with Gasteiger partial charge < -0.3 is 4.74 Å². The zero-order valence-electron chi connectivity index (χ0n) is 9.85. The van der Waals surface area contributed by atoms with Crippen LogP contribution in [0.4, 0.5) is 5.69 Å². The summed E-state index contributed by atoms with van der Waals surface area (Å²) in [6, 6.07) is 6.49. The first-order valence-corrected chi connectivity index (χ1v) is 7.72. The van der Waals surface area contributed by atoms with E-state index in [0.29, 0.717) is 14.7 Å². The van der Waals surface area contributed by atoms with Gasteiger partial charge in [0, 0.05) is 22.8 Å². The van der Waals surface area contributed by atoms with E-state index in [1.807, 2.05) is 12.1 Å². The molecule has 0 aliphatic rings. The summed E-state index contributed by atoms with van der Waals surface area (Å²) in [5.74, 6) is 0.500. The second kappa shape index (κ2) is 6.64. The third kappa shape index (κ3) is 3.77. The van der Waals surface area contributed by atoms with Crippen LogP contribution in [0.2, 0.25) is 0 Å². The predicted molar refractivity (Wildman–Crippen MR) is 84.8 cm³/mol. The van der Waals surface area contributed by atoms with Crippen LogP contribution in [0.5, 0.6) is 5.75 Å². The van der Waals surface area contributed by atoms with Crippen LogP contribution in [-0.4, -0.2) is 9.91 Å². The molecule has 1 aromatic carbocycles. The maximum absolute atomic E-state index is 10.7. The molecule has 0 bridgehead atoms. The van der Waals surface area contributed by atoms with E-state index < -0.39 is 4.92 Å². The third-order valence-electron chi connectivity index (χ3n) is 2.35. The lowest BCUT2D eigenvalue weighted by Gasteiger charge is -2.10. The van der Waals surface area contributed by atoms with Crippen LogP contribution in [-0.2, 0) is 6.61 Å². The van der Waals surface area contributed by atoms with Crippen LogP contribution in [0, 0.1) is 10.1 Å². The van der Waals surface area contributed by atoms with Gasteiger partial charge in [-0.3, -0.25) is 15.1 Å². The van der Waals surface area contributed by atoms with Gasteiger partial charge in [-0.25, -0.2) is 0 Å². The lowest BCUT2D eigenvalue weighted by atomic mass is 10.3. The monoisotopic (exact) mass is 464 g/mol. The normalized spacial score (nSPS) is 10.3. The highest BCUT2D eigenvalue weighted by Gasteiger charge is 2.15. The number of nitro benzene ring substituents is 1. The molecule has 1 heterocycles. The summed E-state index contributed by atoms with van der Waals surface area (Å²) >= 11 is 9.83. The first-order chi connectivity index (χ1) is 9.47. The molecule has 8 heteroatoms. The minimum absolute atomic E-state index is 0.0159. The van der Waals surface area contributed by atoms with Gasteiger partial charge in [-0.2, -0.15) is 0 Å². The van der Waals surface area contributed by atoms with Crippen molar-refractivity contribution in [3.05, 3.63) is 59.7 Å². The highest BCUT2D eigenvalue weighted by atomic mass is 79.9. The Labute approximate surface area is 139 Å². The average Bonchev–Trinajstić information content (AvgIpc) is 2.39. The van der Waals surface area contributed by atoms with E-state index in [0.717, 1.165) is 10.2 Å². The van der Waals surface area contributed by atoms with Crippen molar-refractivity contribution in [1.82, 2.24) is 4.98 Å². The Morgan fingerprint density at radius 1 is 1.20 bits per heavy atom. The molecule has 20 heavy (non-hydrogen) atoms. The summed E-state index contributed by atoms with van der Waals surface area (Å²) in [6.07, 6.45) is 1.68. The van der Waals surface area contributed by atoms with Gasteiger partial charge >= 0.3 is 0 Å². The van der Waals surface area contributed by atoms with Crippen LogP contribution in [0.25, 0.3) is 0 Å². The molecule has 104 valence electrons. The highest BCUT2D eigenvalue weighted by Crippen LogP contribution is 2.37. The topological polar surface area (TPSA) is 65.3 Å². The zero-order chi connectivity index (χ0) is 14.7. The van der Waals surface area contributed by atoms with Crippen molar-refractivity contribution in [3.8, 4) is 5.75 Å². The number of ether oxygens (including phenoxy) is 1. The molecule has 0 saturated carbocycles. The molecule has 0 spiro atoms. The number of hydrogen-bond donors (Lipinski definition) is 0. The molecule has 0 fully saturated rings. The lowest BCUT2D eigenvalue weighted by molar-refractivity contribution is -0.385. The first-order valence-electron chi connectivity index (χ1n) is 5.34. The van der Waals surface area contributed by atoms with Crippen molar-refractivity contribution < 1.29 is 9.66 Å². The average molecular weight is 467 g/mol. The van der Waals surface area contributed by atoms with Crippen LogP contribution in [0.15, 0.2) is 43.9 Å². The fraction of sp³-hybridized carbons (Fsp3) is 0.0833. The van der Waals surface area contributed by atoms with Crippen LogP contribution in [0.1, 0.15) is 5.69 Å². The van der Waals surface area contributed by atoms with Gasteiger partial charge in [0.15, 0.2) is 0 Å². The van der Waals surface area contributed by atoms with E-state index in [1.165, 1.54) is 12.1 Å². The van der Waals surface area contributed by atoms with E-state index >= 15 is 0 Å². The van der Waals surface area contributed by atoms with Crippen LogP contribution < -0.4 is 4.74 Å². The van der Waals surface area contributed by atoms with Crippen LogP contribution >= 0.6 is 47.8 Å². The Kier molecular flexibility index (Phi) is 5.11. The number of halogens is 3. The fourth-order valence-corrected chi connectivity index (χ4v) is 3.05. The van der Waals surface area contributed by atoms with E-state index in [9.17, 15) is 10.1 Å². The number of pyridine rings is 1. The molecule has 0 unspecified atom stereocenters. The van der Waals surface area contributed by atoms with Gasteiger partial charge in [-0.1, -0.05) is 0 Å². The molecule has 0 saturated heterocycles. The Hall–Kier alpha value is -0.990. The van der Waals surface area contributed by atoms with Crippen molar-refractivity contribution in [2.24, 2.45) is 0 Å². The second-order valence-corrected chi connectivity index (χ2v) is 6.38. The lowest BCUT2D eigenvalue weighted by Crippen LogP contribution is -1.99. The Morgan fingerprint density at radius 2 is 1.85 bits per heavy atom. The summed E-state index contributed by atoms with van der Waals surface area (Å²) in [7, 11) is 0. The molecule has 0 radical (unpaired) electrons. The van der Waals surface area contributed by atoms with Crippen molar-refractivity contribution in [3.63, 3.8) is 0 Å². The van der Waals surface area contributed by atoms with Gasteiger partial charge in [-0.05, 0) is 59.9 Å². The quantitative estimate of drug-likeness (QED) is 0.477. The van der Waals surface area contributed by atoms with Gasteiger partial charge in [0.2, 0.25) is 0 Å². The molecule has 0 atom stereocenters. The minimum atomic E-state index is -0.463. The van der Waals surface area contributed by atoms with E-state index in [4.69, 9.17) is 4.74 Å². The summed E-state index contributed by atoms with van der Waals surface area (Å²) in [4.78, 5) is 14.5. The SMILES string of the molecule is O=[N+]([O-])c1cc(Br)c(OCc2ccc(Br)cn2)c(Br)c1. The second-order valence-electron chi connectivity index (χ2n) is 3.75. The number of benzene rings is 1. The summed E-state index contributed by atoms with van der Waals surface area (Å²) < 4.78 is 7.54. The molecule has 0 amide bonds. The molecular formula is C12H7Br3N2O3. The molecule has 0 aliphatic heterocycles. The Balaban J connectivity index is 2.17. The summed E-state index contributed by atoms with van der Waals surface area (Å²) in [5, 5.41) is 10.7. The smallest absolute Gasteiger partial charge is 0.271 e. The number of hydrogen-bond acceptors (Lipinski definition) is 4. The van der Waals surface area contributed by atoms with Gasteiger partial charge in [-0.15, -0.1) is 0 Å². The number of rotatable bonds is 4. The summed E-state index contributed by atoms with van der Waals surface area (Å²) in [5.41, 5.74) is 0.739. The number of aromatic nitrogens is 1. The predicted octanol–water partition coefficient (Wildman–Crippen LogP) is 4.86. The largest absolute Gasteiger partial charge is 0.485 e. The maximum atomic E-state index is 10.7. The molecule has 2 rings (SSSR count). The van der Waals surface area contributed by atoms with Crippen LogP contribution in [0.3, 0.4) is 0 Å². The number of nitrogens with zero attached hydrogens (tertiary/aromatic N) is 2. The van der Waals surface area contributed by atoms with Crippen molar-refractivity contribution in [1.29, 1.82) is 0 Å². The first kappa shape index (κ1) is 15.4. The number of non-ortho nitro benzene ring substituents is 1. The fourth-order valence-electron chi connectivity index (χ4n) is 1.43. The molecular weight excluding hydrogens is 460 g/mol. The van der Waals surface area contributed by atoms with Crippen molar-refractivity contribution in [2.75, 3.05) is 0 Å². The molecule has 5 nitrogen and oxygen atoms in total. The minimum Gasteiger partial charge on any atom is -0.485 e. The van der Waals surface area contributed by atoms with Crippen molar-refractivity contribution in [2.45, 2.75) is 6.61 Å². The molecule has 2 aromatic rings. The van der Waals surface area contributed by atoms with E-state index in [-0.39, 0.29) is 12.3 Å². The standard InChI is InChI=1S/C12H7Br3N2O3/c13-7-1-2-8(16-5-7)6-20-12-10(14)3-9(17(18)19)4-11(12)15/h1-5H,6H2. The Morgan fingerprint density at radius 3 is 2.35 bits per heavy atom. The van der Waals surface area contributed by atoms with Crippen molar-refractivity contribution >= 4 is 53.5 Å². The third-order valence-corrected chi connectivity index (χ3v) is 3.99. The van der Waals surface area contributed by atoms with Gasteiger partial charge in [0.1, 0.15) is 12.4 Å². The highest BCUT2D eigenvalue weighted by molar-refractivity contribution is 9.11. The van der Waals surface area contributed by atoms with E-state index in [2.05, 4.69) is 52.8 Å². The molecule has 0 aliphatic carbocycles. The summed E-state index contributed by atoms with van der Waals surface area (Å²) in [6.45, 7) is 0.266. The zero-order valence-corrected chi connectivity index (χ0v) is 14.6.